The van der Waals surface area contributed by atoms with E-state index in [0.29, 0.717) is 12.3 Å². The normalized spacial score (nSPS) is 25.9. The van der Waals surface area contributed by atoms with Crippen LogP contribution in [-0.4, -0.2) is 29.2 Å². The van der Waals surface area contributed by atoms with Gasteiger partial charge in [-0.15, -0.1) is 0 Å². The van der Waals surface area contributed by atoms with Crippen molar-refractivity contribution in [3.63, 3.8) is 0 Å². The number of hydrogen-bond donors (Lipinski definition) is 0. The summed E-state index contributed by atoms with van der Waals surface area (Å²) in [6.45, 7) is 2.52. The zero-order chi connectivity index (χ0) is 13.7. The Morgan fingerprint density at radius 2 is 1.58 bits per heavy atom. The van der Waals surface area contributed by atoms with Crippen LogP contribution in [0.15, 0.2) is 0 Å². The van der Waals surface area contributed by atoms with Crippen molar-refractivity contribution in [2.75, 3.05) is 6.54 Å². The van der Waals surface area contributed by atoms with Gasteiger partial charge in [-0.25, -0.2) is 0 Å². The Kier molecular flexibility index (Phi) is 5.41. The van der Waals surface area contributed by atoms with Gasteiger partial charge in [0.05, 0.1) is 0 Å². The molecule has 2 rings (SSSR count). The highest BCUT2D eigenvalue weighted by Gasteiger charge is 2.31. The third-order valence-electron chi connectivity index (χ3n) is 4.64. The Hall–Kier alpha value is -0.860. The quantitative estimate of drug-likeness (QED) is 0.785. The summed E-state index contributed by atoms with van der Waals surface area (Å²) < 4.78 is 0. The summed E-state index contributed by atoms with van der Waals surface area (Å²) in [5.74, 6) is 0.794. The Balaban J connectivity index is 2.03. The predicted octanol–water partition coefficient (Wildman–Crippen LogP) is 3.32. The molecule has 0 radical (unpaired) electrons. The number of carbonyl (C=O) groups is 2. The Labute approximate surface area is 116 Å². The molecule has 0 aromatic rings. The molecule has 19 heavy (non-hydrogen) atoms. The lowest BCUT2D eigenvalue weighted by atomic mass is 9.87. The third kappa shape index (κ3) is 4.05. The molecule has 3 nitrogen and oxygen atoms in total. The molecular formula is C16H27NO2. The minimum atomic E-state index is 0.175. The number of ketones is 1. The fourth-order valence-electron chi connectivity index (χ4n) is 3.60. The van der Waals surface area contributed by atoms with Crippen molar-refractivity contribution in [1.29, 1.82) is 0 Å². The highest BCUT2D eigenvalue weighted by Crippen LogP contribution is 2.28. The summed E-state index contributed by atoms with van der Waals surface area (Å²) in [5, 5.41) is 0. The van der Waals surface area contributed by atoms with Crippen LogP contribution in [0.1, 0.15) is 71.1 Å². The van der Waals surface area contributed by atoms with Crippen LogP contribution in [0.2, 0.25) is 0 Å². The van der Waals surface area contributed by atoms with Gasteiger partial charge in [0.15, 0.2) is 0 Å². The number of amides is 1. The topological polar surface area (TPSA) is 37.4 Å². The van der Waals surface area contributed by atoms with E-state index in [1.165, 1.54) is 25.7 Å². The second kappa shape index (κ2) is 7.06. The van der Waals surface area contributed by atoms with Gasteiger partial charge in [-0.05, 0) is 32.6 Å². The molecule has 1 heterocycles. The number of nitrogens with zero attached hydrogens (tertiary/aromatic N) is 1. The van der Waals surface area contributed by atoms with Gasteiger partial charge in [0, 0.05) is 24.9 Å². The van der Waals surface area contributed by atoms with E-state index >= 15 is 0 Å². The van der Waals surface area contributed by atoms with Gasteiger partial charge < -0.3 is 4.90 Å². The summed E-state index contributed by atoms with van der Waals surface area (Å²) in [5.41, 5.74) is 0. The third-order valence-corrected chi connectivity index (χ3v) is 4.64. The molecule has 1 amide bonds. The fourth-order valence-corrected chi connectivity index (χ4v) is 3.60. The maximum Gasteiger partial charge on any atom is 0.225 e. The number of likely N-dealkylation sites (tertiary alicyclic amines) is 1. The van der Waals surface area contributed by atoms with Crippen LogP contribution < -0.4 is 0 Å². The number of hydrogen-bond acceptors (Lipinski definition) is 2. The minimum Gasteiger partial charge on any atom is -0.339 e. The Morgan fingerprint density at radius 1 is 0.947 bits per heavy atom. The lowest BCUT2D eigenvalue weighted by Gasteiger charge is -2.34. The van der Waals surface area contributed by atoms with Gasteiger partial charge in [0.2, 0.25) is 5.91 Å². The molecule has 3 heteroatoms. The van der Waals surface area contributed by atoms with Gasteiger partial charge in [-0.2, -0.15) is 0 Å². The largest absolute Gasteiger partial charge is 0.339 e. The van der Waals surface area contributed by atoms with Crippen LogP contribution in [0, 0.1) is 5.92 Å². The molecule has 0 bridgehead atoms. The molecule has 108 valence electrons. The molecule has 2 fully saturated rings. The van der Waals surface area contributed by atoms with E-state index in [9.17, 15) is 9.59 Å². The van der Waals surface area contributed by atoms with Gasteiger partial charge in [0.1, 0.15) is 5.78 Å². The SMILES string of the molecule is CC(=O)CC1CCCCCN1C(=O)C1CCCCC1. The summed E-state index contributed by atoms with van der Waals surface area (Å²) in [4.78, 5) is 26.2. The Bertz CT molecular complexity index is 321. The van der Waals surface area contributed by atoms with Gasteiger partial charge >= 0.3 is 0 Å². The highest BCUT2D eigenvalue weighted by atomic mass is 16.2. The van der Waals surface area contributed by atoms with Crippen LogP contribution in [0.4, 0.5) is 0 Å². The maximum absolute atomic E-state index is 12.7. The van der Waals surface area contributed by atoms with E-state index in [1.54, 1.807) is 6.92 Å². The average Bonchev–Trinajstić information content (AvgIpc) is 2.64. The fraction of sp³-hybridized carbons (Fsp3) is 0.875. The lowest BCUT2D eigenvalue weighted by Crippen LogP contribution is -2.44. The van der Waals surface area contributed by atoms with Crippen molar-refractivity contribution in [2.24, 2.45) is 5.92 Å². The van der Waals surface area contributed by atoms with Crippen molar-refractivity contribution in [3.8, 4) is 0 Å². The van der Waals surface area contributed by atoms with Gasteiger partial charge in [-0.3, -0.25) is 9.59 Å². The van der Waals surface area contributed by atoms with E-state index in [0.717, 1.165) is 38.6 Å². The number of Topliss-reactive ketones (excluding diaryl/α,β-unsaturated/α-hetero) is 1. The van der Waals surface area contributed by atoms with Crippen LogP contribution in [0.3, 0.4) is 0 Å². The first-order valence-corrected chi connectivity index (χ1v) is 7.98. The summed E-state index contributed by atoms with van der Waals surface area (Å²) in [6.07, 6.45) is 10.8. The number of rotatable bonds is 3. The zero-order valence-corrected chi connectivity index (χ0v) is 12.2. The smallest absolute Gasteiger partial charge is 0.225 e. The van der Waals surface area contributed by atoms with E-state index in [1.807, 2.05) is 0 Å². The van der Waals surface area contributed by atoms with E-state index in [4.69, 9.17) is 0 Å². The average molecular weight is 265 g/mol. The highest BCUT2D eigenvalue weighted by molar-refractivity contribution is 5.81. The maximum atomic E-state index is 12.7. The van der Waals surface area contributed by atoms with Crippen molar-refractivity contribution in [3.05, 3.63) is 0 Å². The molecule has 1 aliphatic carbocycles. The molecule has 0 aromatic carbocycles. The second-order valence-electron chi connectivity index (χ2n) is 6.28. The monoisotopic (exact) mass is 265 g/mol. The van der Waals surface area contributed by atoms with Crippen molar-refractivity contribution < 1.29 is 9.59 Å². The van der Waals surface area contributed by atoms with Crippen LogP contribution in [0.25, 0.3) is 0 Å². The molecule has 0 spiro atoms. The standard InChI is InChI=1S/C16H27NO2/c1-13(18)12-15-10-6-3-7-11-17(15)16(19)14-8-4-2-5-9-14/h14-15H,2-12H2,1H3. The molecule has 0 N–H and O–H groups in total. The molecule has 0 aromatic heterocycles. The van der Waals surface area contributed by atoms with Gasteiger partial charge in [0.25, 0.3) is 0 Å². The summed E-state index contributed by atoms with van der Waals surface area (Å²) in [7, 11) is 0. The van der Waals surface area contributed by atoms with E-state index in [-0.39, 0.29) is 17.7 Å². The number of carbonyl (C=O) groups excluding carboxylic acids is 2. The van der Waals surface area contributed by atoms with Crippen LogP contribution in [-0.2, 0) is 9.59 Å². The molecule has 2 aliphatic rings. The lowest BCUT2D eigenvalue weighted by molar-refractivity contribution is -0.139. The van der Waals surface area contributed by atoms with Crippen LogP contribution in [0.5, 0.6) is 0 Å². The van der Waals surface area contributed by atoms with E-state index in [2.05, 4.69) is 4.90 Å². The van der Waals surface area contributed by atoms with Crippen molar-refractivity contribution in [1.82, 2.24) is 4.90 Å². The first kappa shape index (κ1) is 14.5. The predicted molar refractivity (Wildman–Crippen MR) is 75.8 cm³/mol. The zero-order valence-electron chi connectivity index (χ0n) is 12.2. The molecule has 1 saturated carbocycles. The summed E-state index contributed by atoms with van der Waals surface area (Å²) in [6, 6.07) is 0.175. The molecule has 1 atom stereocenters. The first-order chi connectivity index (χ1) is 9.18. The first-order valence-electron chi connectivity index (χ1n) is 7.98. The molecule has 1 unspecified atom stereocenters. The van der Waals surface area contributed by atoms with Gasteiger partial charge in [-0.1, -0.05) is 32.1 Å². The molecular weight excluding hydrogens is 238 g/mol. The molecule has 1 saturated heterocycles. The van der Waals surface area contributed by atoms with Crippen LogP contribution >= 0.6 is 0 Å². The van der Waals surface area contributed by atoms with Crippen molar-refractivity contribution in [2.45, 2.75) is 77.2 Å². The van der Waals surface area contributed by atoms with Crippen molar-refractivity contribution >= 4 is 11.7 Å². The second-order valence-corrected chi connectivity index (χ2v) is 6.28. The summed E-state index contributed by atoms with van der Waals surface area (Å²) >= 11 is 0. The molecule has 1 aliphatic heterocycles. The Morgan fingerprint density at radius 3 is 2.26 bits per heavy atom. The minimum absolute atomic E-state index is 0.175. The van der Waals surface area contributed by atoms with E-state index < -0.39 is 0 Å².